The molecule has 0 bridgehead atoms. The van der Waals surface area contributed by atoms with Crippen LogP contribution in [0.5, 0.6) is 0 Å². The fraction of sp³-hybridized carbons (Fsp3) is 0.364. The lowest BCUT2D eigenvalue weighted by molar-refractivity contribution is -0.197. The van der Waals surface area contributed by atoms with E-state index < -0.39 is 17.6 Å². The molecule has 1 aromatic carbocycles. The van der Waals surface area contributed by atoms with Gasteiger partial charge in [-0.3, -0.25) is 4.79 Å². The molecule has 16 heavy (non-hydrogen) atoms. The Morgan fingerprint density at radius 3 is 2.06 bits per heavy atom. The molecule has 0 saturated carbocycles. The summed E-state index contributed by atoms with van der Waals surface area (Å²) in [6.07, 6.45) is -4.54. The summed E-state index contributed by atoms with van der Waals surface area (Å²) in [4.78, 5) is 10.9. The molecule has 0 saturated heterocycles. The van der Waals surface area contributed by atoms with Gasteiger partial charge in [-0.25, -0.2) is 0 Å². The largest absolute Gasteiger partial charge is 0.415 e. The average molecular weight is 231 g/mol. The summed E-state index contributed by atoms with van der Waals surface area (Å²) in [6, 6.07) is 7.29. The van der Waals surface area contributed by atoms with Crippen molar-refractivity contribution in [3.8, 4) is 0 Å². The molecule has 88 valence electrons. The second kappa shape index (κ2) is 4.15. The highest BCUT2D eigenvalue weighted by Gasteiger charge is 2.52. The summed E-state index contributed by atoms with van der Waals surface area (Å²) < 4.78 is 38.8. The molecule has 0 aromatic heterocycles. The number of alkyl halides is 3. The van der Waals surface area contributed by atoms with Gasteiger partial charge in [0.15, 0.2) is 5.54 Å². The van der Waals surface area contributed by atoms with Crippen molar-refractivity contribution in [1.29, 1.82) is 0 Å². The van der Waals surface area contributed by atoms with E-state index in [0.717, 1.165) is 13.8 Å². The minimum Gasteiger partial charge on any atom is -0.339 e. The van der Waals surface area contributed by atoms with E-state index in [-0.39, 0.29) is 5.56 Å². The molecule has 0 spiro atoms. The Morgan fingerprint density at radius 2 is 1.69 bits per heavy atom. The smallest absolute Gasteiger partial charge is 0.339 e. The zero-order valence-corrected chi connectivity index (χ0v) is 8.93. The minimum atomic E-state index is -4.54. The number of amides is 1. The molecule has 0 aliphatic heterocycles. The first kappa shape index (κ1) is 12.5. The maximum atomic E-state index is 12.9. The van der Waals surface area contributed by atoms with Gasteiger partial charge in [0, 0.05) is 6.92 Å². The monoisotopic (exact) mass is 231 g/mol. The normalized spacial score (nSPS) is 15.3. The van der Waals surface area contributed by atoms with Gasteiger partial charge >= 0.3 is 6.18 Å². The van der Waals surface area contributed by atoms with Crippen molar-refractivity contribution in [2.75, 3.05) is 0 Å². The second-order valence-corrected chi connectivity index (χ2v) is 3.67. The van der Waals surface area contributed by atoms with Crippen molar-refractivity contribution < 1.29 is 18.0 Å². The van der Waals surface area contributed by atoms with Gasteiger partial charge in [0.05, 0.1) is 0 Å². The third kappa shape index (κ3) is 2.35. The molecule has 0 heterocycles. The fourth-order valence-corrected chi connectivity index (χ4v) is 1.43. The molecule has 1 amide bonds. The summed E-state index contributed by atoms with van der Waals surface area (Å²) in [7, 11) is 0. The number of benzene rings is 1. The predicted octanol–water partition coefficient (Wildman–Crippen LogP) is 2.60. The van der Waals surface area contributed by atoms with Gasteiger partial charge in [-0.2, -0.15) is 13.2 Å². The quantitative estimate of drug-likeness (QED) is 0.832. The number of nitrogens with one attached hydrogen (secondary N) is 1. The van der Waals surface area contributed by atoms with Gasteiger partial charge in [-0.05, 0) is 12.5 Å². The van der Waals surface area contributed by atoms with E-state index in [1.54, 1.807) is 6.07 Å². The number of carbonyl (C=O) groups excluding carboxylic acids is 1. The molecule has 1 N–H and O–H groups in total. The summed E-state index contributed by atoms with van der Waals surface area (Å²) in [6.45, 7) is 2.01. The van der Waals surface area contributed by atoms with E-state index >= 15 is 0 Å². The lowest BCUT2D eigenvalue weighted by Gasteiger charge is -2.33. The van der Waals surface area contributed by atoms with Crippen molar-refractivity contribution in [2.45, 2.75) is 25.6 Å². The highest BCUT2D eigenvalue weighted by molar-refractivity contribution is 5.74. The van der Waals surface area contributed by atoms with Gasteiger partial charge in [0.2, 0.25) is 5.91 Å². The zero-order chi connectivity index (χ0) is 12.4. The Bertz CT molecular complexity index is 375. The molecule has 1 unspecified atom stereocenters. The maximum Gasteiger partial charge on any atom is 0.415 e. The standard InChI is InChI=1S/C11H12F3NO/c1-8(16)15-10(2,11(12,13)14)9-6-4-3-5-7-9/h3-7H,1-2H3,(H,15,16). The topological polar surface area (TPSA) is 29.1 Å². The molecule has 0 fully saturated rings. The van der Waals surface area contributed by atoms with Crippen molar-refractivity contribution in [3.05, 3.63) is 35.9 Å². The number of rotatable bonds is 2. The van der Waals surface area contributed by atoms with Crippen LogP contribution in [0.2, 0.25) is 0 Å². The SMILES string of the molecule is CC(=O)NC(C)(c1ccccc1)C(F)(F)F. The molecule has 2 nitrogen and oxygen atoms in total. The third-order valence-electron chi connectivity index (χ3n) is 2.34. The summed E-state index contributed by atoms with van der Waals surface area (Å²) >= 11 is 0. The van der Waals surface area contributed by atoms with E-state index in [9.17, 15) is 18.0 Å². The molecule has 5 heteroatoms. The molecule has 1 rings (SSSR count). The van der Waals surface area contributed by atoms with Crippen molar-refractivity contribution in [1.82, 2.24) is 5.32 Å². The maximum absolute atomic E-state index is 12.9. The van der Waals surface area contributed by atoms with Crippen LogP contribution in [0.1, 0.15) is 19.4 Å². The molecule has 0 aliphatic rings. The van der Waals surface area contributed by atoms with Crippen LogP contribution < -0.4 is 5.32 Å². The van der Waals surface area contributed by atoms with Crippen LogP contribution in [-0.4, -0.2) is 12.1 Å². The van der Waals surface area contributed by atoms with Crippen LogP contribution in [0, 0.1) is 0 Å². The molecule has 0 aliphatic carbocycles. The van der Waals surface area contributed by atoms with Crippen molar-refractivity contribution in [2.24, 2.45) is 0 Å². The van der Waals surface area contributed by atoms with Crippen LogP contribution >= 0.6 is 0 Å². The Morgan fingerprint density at radius 1 is 1.19 bits per heavy atom. The molecule has 0 radical (unpaired) electrons. The predicted molar refractivity (Wildman–Crippen MR) is 53.7 cm³/mol. The number of halogens is 3. The third-order valence-corrected chi connectivity index (χ3v) is 2.34. The fourth-order valence-electron chi connectivity index (χ4n) is 1.43. The number of carbonyl (C=O) groups is 1. The van der Waals surface area contributed by atoms with Crippen LogP contribution in [0.3, 0.4) is 0 Å². The highest BCUT2D eigenvalue weighted by Crippen LogP contribution is 2.38. The van der Waals surface area contributed by atoms with E-state index in [1.165, 1.54) is 24.3 Å². The first-order valence-corrected chi connectivity index (χ1v) is 4.68. The second-order valence-electron chi connectivity index (χ2n) is 3.67. The van der Waals surface area contributed by atoms with Crippen molar-refractivity contribution >= 4 is 5.91 Å². The first-order chi connectivity index (χ1) is 7.27. The Labute approximate surface area is 91.5 Å². The van der Waals surface area contributed by atoms with E-state index in [0.29, 0.717) is 0 Å². The van der Waals surface area contributed by atoms with E-state index in [1.807, 2.05) is 5.32 Å². The van der Waals surface area contributed by atoms with Crippen LogP contribution in [-0.2, 0) is 10.3 Å². The van der Waals surface area contributed by atoms with Crippen LogP contribution in [0.25, 0.3) is 0 Å². The van der Waals surface area contributed by atoms with Gasteiger partial charge in [-0.15, -0.1) is 0 Å². The van der Waals surface area contributed by atoms with Gasteiger partial charge in [0.25, 0.3) is 0 Å². The zero-order valence-electron chi connectivity index (χ0n) is 8.93. The Hall–Kier alpha value is -1.52. The lowest BCUT2D eigenvalue weighted by Crippen LogP contribution is -2.53. The van der Waals surface area contributed by atoms with Crippen LogP contribution in [0.15, 0.2) is 30.3 Å². The van der Waals surface area contributed by atoms with Crippen molar-refractivity contribution in [3.63, 3.8) is 0 Å². The average Bonchev–Trinajstić information content (AvgIpc) is 2.16. The van der Waals surface area contributed by atoms with Gasteiger partial charge < -0.3 is 5.32 Å². The molecule has 1 aromatic rings. The van der Waals surface area contributed by atoms with Crippen LogP contribution in [0.4, 0.5) is 13.2 Å². The van der Waals surface area contributed by atoms with E-state index in [2.05, 4.69) is 0 Å². The Kier molecular flexibility index (Phi) is 3.26. The Balaban J connectivity index is 3.21. The highest BCUT2D eigenvalue weighted by atomic mass is 19.4. The first-order valence-electron chi connectivity index (χ1n) is 4.68. The molecular weight excluding hydrogens is 219 g/mol. The lowest BCUT2D eigenvalue weighted by atomic mass is 9.91. The van der Waals surface area contributed by atoms with Gasteiger partial charge in [0.1, 0.15) is 0 Å². The number of hydrogen-bond acceptors (Lipinski definition) is 1. The summed E-state index contributed by atoms with van der Waals surface area (Å²) in [5.74, 6) is -0.719. The van der Waals surface area contributed by atoms with Gasteiger partial charge in [-0.1, -0.05) is 30.3 Å². The summed E-state index contributed by atoms with van der Waals surface area (Å²) in [5.41, 5.74) is -2.34. The minimum absolute atomic E-state index is 0.0118. The number of hydrogen-bond donors (Lipinski definition) is 1. The molecular formula is C11H12F3NO. The van der Waals surface area contributed by atoms with E-state index in [4.69, 9.17) is 0 Å². The molecule has 1 atom stereocenters. The summed E-state index contributed by atoms with van der Waals surface area (Å²) in [5, 5.41) is 1.95.